The molecule has 0 radical (unpaired) electrons. The second-order valence-corrected chi connectivity index (χ2v) is 6.31. The number of esters is 3. The monoisotopic (exact) mass is 386 g/mol. The van der Waals surface area contributed by atoms with Crippen LogP contribution in [0.2, 0.25) is 0 Å². The van der Waals surface area contributed by atoms with Crippen molar-refractivity contribution in [3.05, 3.63) is 0 Å². The zero-order chi connectivity index (χ0) is 19.4. The maximum atomic E-state index is 11.3. The molecule has 0 aromatic carbocycles. The van der Waals surface area contributed by atoms with Crippen LogP contribution >= 0.6 is 7.82 Å². The Bertz CT molecular complexity index is 556. The molecule has 0 unspecified atom stereocenters. The average molecular weight is 386 g/mol. The summed E-state index contributed by atoms with van der Waals surface area (Å²) in [4.78, 5) is 51.4. The van der Waals surface area contributed by atoms with Crippen LogP contribution in [-0.2, 0) is 42.4 Å². The topological polar surface area (TPSA) is 175 Å². The highest BCUT2D eigenvalue weighted by molar-refractivity contribution is 7.46. The molecule has 0 aliphatic carbocycles. The molecule has 144 valence electrons. The van der Waals surface area contributed by atoms with Gasteiger partial charge in [-0.2, -0.15) is 0 Å². The Hall–Kier alpha value is -1.56. The van der Waals surface area contributed by atoms with Crippen LogP contribution < -0.4 is 0 Å². The van der Waals surface area contributed by atoms with Gasteiger partial charge in [0.2, 0.25) is 0 Å². The van der Waals surface area contributed by atoms with E-state index in [0.717, 1.165) is 20.8 Å². The first kappa shape index (κ1) is 21.5. The van der Waals surface area contributed by atoms with Gasteiger partial charge in [-0.3, -0.25) is 18.9 Å². The number of carbonyl (C=O) groups is 3. The second-order valence-electron chi connectivity index (χ2n) is 5.07. The molecular weight excluding hydrogens is 367 g/mol. The first-order valence-corrected chi connectivity index (χ1v) is 8.49. The fraction of sp³-hybridized carbons (Fsp3) is 0.750. The normalized spacial score (nSPS) is 29.6. The van der Waals surface area contributed by atoms with Crippen LogP contribution in [0.5, 0.6) is 0 Å². The molecular formula is C12H19O12P. The molecule has 1 aliphatic rings. The van der Waals surface area contributed by atoms with Crippen molar-refractivity contribution in [2.24, 2.45) is 0 Å². The second kappa shape index (κ2) is 8.70. The van der Waals surface area contributed by atoms with Crippen LogP contribution in [0.1, 0.15) is 20.8 Å². The number of hydrogen-bond acceptors (Lipinski definition) is 10. The van der Waals surface area contributed by atoms with E-state index in [1.807, 2.05) is 0 Å². The van der Waals surface area contributed by atoms with Gasteiger partial charge in [-0.1, -0.05) is 0 Å². The van der Waals surface area contributed by atoms with E-state index < -0.39 is 63.0 Å². The molecule has 3 N–H and O–H groups in total. The third-order valence-corrected chi connectivity index (χ3v) is 3.41. The van der Waals surface area contributed by atoms with Gasteiger partial charge in [0.1, 0.15) is 6.10 Å². The largest absolute Gasteiger partial charge is 0.469 e. The number of phosphoric acid groups is 1. The van der Waals surface area contributed by atoms with Crippen molar-refractivity contribution in [3.8, 4) is 0 Å². The van der Waals surface area contributed by atoms with Crippen LogP contribution in [0.3, 0.4) is 0 Å². The highest BCUT2D eigenvalue weighted by Crippen LogP contribution is 2.37. The lowest BCUT2D eigenvalue weighted by Gasteiger charge is -2.42. The highest BCUT2D eigenvalue weighted by atomic mass is 31.2. The van der Waals surface area contributed by atoms with Gasteiger partial charge in [0, 0.05) is 20.8 Å². The summed E-state index contributed by atoms with van der Waals surface area (Å²) in [6.07, 6.45) is -7.72. The minimum atomic E-state index is -4.89. The number of aliphatic hydroxyl groups excluding tert-OH is 1. The number of aliphatic hydroxyl groups is 1. The van der Waals surface area contributed by atoms with Crippen molar-refractivity contribution in [2.75, 3.05) is 6.61 Å². The zero-order valence-electron chi connectivity index (χ0n) is 13.6. The smallest absolute Gasteiger partial charge is 0.456 e. The van der Waals surface area contributed by atoms with Crippen molar-refractivity contribution in [2.45, 2.75) is 51.5 Å². The Morgan fingerprint density at radius 1 is 0.920 bits per heavy atom. The summed E-state index contributed by atoms with van der Waals surface area (Å²) in [6, 6.07) is 0. The summed E-state index contributed by atoms with van der Waals surface area (Å²) >= 11 is 0. The molecule has 25 heavy (non-hydrogen) atoms. The molecule has 0 spiro atoms. The number of hydrogen-bond donors (Lipinski definition) is 3. The van der Waals surface area contributed by atoms with E-state index in [9.17, 15) is 24.1 Å². The molecule has 1 rings (SSSR count). The Balaban J connectivity index is 3.13. The minimum Gasteiger partial charge on any atom is -0.456 e. The van der Waals surface area contributed by atoms with Crippen molar-refractivity contribution < 1.29 is 57.3 Å². The van der Waals surface area contributed by atoms with Gasteiger partial charge < -0.3 is 33.8 Å². The van der Waals surface area contributed by atoms with E-state index in [2.05, 4.69) is 4.52 Å². The zero-order valence-corrected chi connectivity index (χ0v) is 14.5. The summed E-state index contributed by atoms with van der Waals surface area (Å²) in [5, 5.41) is 9.97. The summed E-state index contributed by atoms with van der Waals surface area (Å²) in [5.74, 6) is -2.52. The van der Waals surface area contributed by atoms with Gasteiger partial charge in [-0.15, -0.1) is 0 Å². The van der Waals surface area contributed by atoms with Gasteiger partial charge in [-0.25, -0.2) is 4.57 Å². The first-order valence-electron chi connectivity index (χ1n) is 6.96. The Labute approximate surface area is 142 Å². The summed E-state index contributed by atoms with van der Waals surface area (Å²) in [7, 11) is -4.89. The Kier molecular flexibility index (Phi) is 7.47. The Morgan fingerprint density at radius 3 is 1.80 bits per heavy atom. The average Bonchev–Trinajstić information content (AvgIpc) is 2.41. The van der Waals surface area contributed by atoms with Crippen LogP contribution in [0.4, 0.5) is 0 Å². The summed E-state index contributed by atoms with van der Waals surface area (Å²) < 4.78 is 35.0. The van der Waals surface area contributed by atoms with Crippen LogP contribution in [0.15, 0.2) is 0 Å². The fourth-order valence-electron chi connectivity index (χ4n) is 2.18. The molecule has 12 nitrogen and oxygen atoms in total. The minimum absolute atomic E-state index is 0.802. The van der Waals surface area contributed by atoms with Crippen molar-refractivity contribution in [1.82, 2.24) is 0 Å². The van der Waals surface area contributed by atoms with Gasteiger partial charge >= 0.3 is 25.7 Å². The lowest BCUT2D eigenvalue weighted by atomic mass is 9.98. The van der Waals surface area contributed by atoms with Gasteiger partial charge in [-0.05, 0) is 0 Å². The predicted molar refractivity (Wildman–Crippen MR) is 75.5 cm³/mol. The SMILES string of the molecule is CC(=O)O[C@@H]1[C@@H](OC(C)=O)[C@@H](O)O[C@H](COP(=O)(O)O)[C@H]1OC(C)=O. The number of phosphoric ester groups is 1. The third kappa shape index (κ3) is 7.06. The Morgan fingerprint density at radius 2 is 1.36 bits per heavy atom. The molecule has 1 heterocycles. The van der Waals surface area contributed by atoms with Crippen molar-refractivity contribution in [1.29, 1.82) is 0 Å². The van der Waals surface area contributed by atoms with E-state index >= 15 is 0 Å². The van der Waals surface area contributed by atoms with E-state index in [4.69, 9.17) is 28.7 Å². The van der Waals surface area contributed by atoms with Crippen LogP contribution in [-0.4, -0.2) is 70.1 Å². The fourth-order valence-corrected chi connectivity index (χ4v) is 2.52. The maximum Gasteiger partial charge on any atom is 0.469 e. The van der Waals surface area contributed by atoms with Crippen molar-refractivity contribution >= 4 is 25.7 Å². The standard InChI is InChI=1S/C12H19O12P/c1-5(13)21-9-8(4-20-25(17,18)19)24-12(16)11(23-7(3)15)10(9)22-6(2)14/h8-12,16H,4H2,1-3H3,(H2,17,18,19)/t8-,9-,10+,11-,12+/m1/s1. The van der Waals surface area contributed by atoms with Gasteiger partial charge in [0.25, 0.3) is 0 Å². The molecule has 5 atom stereocenters. The van der Waals surface area contributed by atoms with Gasteiger partial charge in [0.15, 0.2) is 24.6 Å². The van der Waals surface area contributed by atoms with E-state index in [1.54, 1.807) is 0 Å². The number of rotatable bonds is 6. The molecule has 13 heteroatoms. The maximum absolute atomic E-state index is 11.3. The molecule has 0 bridgehead atoms. The molecule has 1 saturated heterocycles. The van der Waals surface area contributed by atoms with Crippen LogP contribution in [0, 0.1) is 0 Å². The van der Waals surface area contributed by atoms with Crippen LogP contribution in [0.25, 0.3) is 0 Å². The summed E-state index contributed by atoms with van der Waals surface area (Å²) in [5.41, 5.74) is 0. The number of carbonyl (C=O) groups excluding carboxylic acids is 3. The molecule has 1 aliphatic heterocycles. The third-order valence-electron chi connectivity index (χ3n) is 2.92. The number of ether oxygens (including phenoxy) is 4. The quantitative estimate of drug-likeness (QED) is 0.277. The molecule has 1 fully saturated rings. The highest BCUT2D eigenvalue weighted by Gasteiger charge is 2.51. The van der Waals surface area contributed by atoms with Gasteiger partial charge in [0.05, 0.1) is 6.61 Å². The lowest BCUT2D eigenvalue weighted by molar-refractivity contribution is -0.294. The molecule has 0 aromatic heterocycles. The molecule has 0 saturated carbocycles. The van der Waals surface area contributed by atoms with Crippen molar-refractivity contribution in [3.63, 3.8) is 0 Å². The van der Waals surface area contributed by atoms with E-state index in [-0.39, 0.29) is 0 Å². The molecule has 0 aromatic rings. The lowest BCUT2D eigenvalue weighted by Crippen LogP contribution is -2.62. The first-order chi connectivity index (χ1) is 11.4. The predicted octanol–water partition coefficient (Wildman–Crippen LogP) is -1.39. The summed E-state index contributed by atoms with van der Waals surface area (Å²) in [6.45, 7) is 2.28. The van der Waals surface area contributed by atoms with E-state index in [1.165, 1.54) is 0 Å². The molecule has 0 amide bonds. The van der Waals surface area contributed by atoms with E-state index in [0.29, 0.717) is 0 Å².